The Labute approximate surface area is 158 Å². The van der Waals surface area contributed by atoms with E-state index in [1.165, 1.54) is 26.4 Å². The molecule has 0 aromatic heterocycles. The lowest BCUT2D eigenvalue weighted by molar-refractivity contribution is -0.118. The van der Waals surface area contributed by atoms with E-state index < -0.39 is 11.9 Å². The van der Waals surface area contributed by atoms with Crippen LogP contribution in [0.15, 0.2) is 40.9 Å². The Morgan fingerprint density at radius 2 is 1.88 bits per heavy atom. The zero-order valence-electron chi connectivity index (χ0n) is 13.5. The summed E-state index contributed by atoms with van der Waals surface area (Å²) in [6.45, 7) is -0.208. The van der Waals surface area contributed by atoms with E-state index in [-0.39, 0.29) is 22.9 Å². The number of esters is 1. The van der Waals surface area contributed by atoms with Crippen LogP contribution >= 0.6 is 27.5 Å². The summed E-state index contributed by atoms with van der Waals surface area (Å²) < 4.78 is 16.0. The highest BCUT2D eigenvalue weighted by atomic mass is 79.9. The van der Waals surface area contributed by atoms with Gasteiger partial charge in [0.25, 0.3) is 5.91 Å². The van der Waals surface area contributed by atoms with Crippen molar-refractivity contribution in [2.75, 3.05) is 26.1 Å². The second kappa shape index (κ2) is 8.73. The molecule has 0 aliphatic carbocycles. The maximum atomic E-state index is 12.1. The molecule has 6 nitrogen and oxygen atoms in total. The Balaban J connectivity index is 2.10. The number of para-hydroxylation sites is 1. The van der Waals surface area contributed by atoms with Crippen molar-refractivity contribution >= 4 is 45.1 Å². The van der Waals surface area contributed by atoms with E-state index in [0.29, 0.717) is 11.4 Å². The van der Waals surface area contributed by atoms with Crippen molar-refractivity contribution < 1.29 is 23.8 Å². The number of halogens is 2. The standard InChI is InChI=1S/C17H15BrClNO5/c1-23-15-8-13(12(19)7-10(15)17(22)24-2)20-16(21)9-25-14-6-4-3-5-11(14)18/h3-8H,9H2,1-2H3,(H,20,21). The molecular formula is C17H15BrClNO5. The number of benzene rings is 2. The van der Waals surface area contributed by atoms with Crippen molar-refractivity contribution in [1.29, 1.82) is 0 Å². The Bertz CT molecular complexity index is 797. The Hall–Kier alpha value is -2.25. The summed E-state index contributed by atoms with van der Waals surface area (Å²) in [5.74, 6) is -0.222. The highest BCUT2D eigenvalue weighted by molar-refractivity contribution is 9.10. The lowest BCUT2D eigenvalue weighted by Crippen LogP contribution is -2.20. The van der Waals surface area contributed by atoms with Crippen LogP contribution < -0.4 is 14.8 Å². The number of amides is 1. The molecule has 0 saturated heterocycles. The van der Waals surface area contributed by atoms with Crippen molar-refractivity contribution in [3.05, 3.63) is 51.5 Å². The molecule has 2 rings (SSSR count). The molecule has 0 bridgehead atoms. The average Bonchev–Trinajstić information content (AvgIpc) is 2.61. The number of methoxy groups -OCH3 is 2. The molecule has 1 N–H and O–H groups in total. The molecule has 132 valence electrons. The minimum Gasteiger partial charge on any atom is -0.496 e. The fraction of sp³-hybridized carbons (Fsp3) is 0.176. The van der Waals surface area contributed by atoms with Gasteiger partial charge >= 0.3 is 5.97 Å². The molecule has 8 heteroatoms. The third kappa shape index (κ3) is 4.87. The van der Waals surface area contributed by atoms with E-state index >= 15 is 0 Å². The fourth-order valence-corrected chi connectivity index (χ4v) is 2.59. The molecule has 2 aromatic rings. The molecule has 25 heavy (non-hydrogen) atoms. The lowest BCUT2D eigenvalue weighted by Gasteiger charge is -2.13. The summed E-state index contributed by atoms with van der Waals surface area (Å²) >= 11 is 9.45. The molecular weight excluding hydrogens is 414 g/mol. The number of nitrogens with one attached hydrogen (secondary N) is 1. The second-order valence-corrected chi connectivity index (χ2v) is 6.05. The van der Waals surface area contributed by atoms with Gasteiger partial charge in [-0.1, -0.05) is 23.7 Å². The van der Waals surface area contributed by atoms with Crippen LogP contribution in [-0.4, -0.2) is 32.7 Å². The number of hydrogen-bond acceptors (Lipinski definition) is 5. The van der Waals surface area contributed by atoms with Crippen LogP contribution in [0.5, 0.6) is 11.5 Å². The first kappa shape index (κ1) is 19.1. The quantitative estimate of drug-likeness (QED) is 0.706. The summed E-state index contributed by atoms with van der Waals surface area (Å²) in [5, 5.41) is 2.79. The van der Waals surface area contributed by atoms with Gasteiger partial charge in [0, 0.05) is 6.07 Å². The zero-order chi connectivity index (χ0) is 18.4. The van der Waals surface area contributed by atoms with Gasteiger partial charge in [0.15, 0.2) is 6.61 Å². The second-order valence-electron chi connectivity index (χ2n) is 4.79. The summed E-state index contributed by atoms with van der Waals surface area (Å²) in [4.78, 5) is 23.8. The van der Waals surface area contributed by atoms with Gasteiger partial charge in [-0.05, 0) is 34.1 Å². The van der Waals surface area contributed by atoms with Gasteiger partial charge in [-0.15, -0.1) is 0 Å². The summed E-state index contributed by atoms with van der Waals surface area (Å²) in [5.41, 5.74) is 0.462. The molecule has 0 saturated carbocycles. The summed E-state index contributed by atoms with van der Waals surface area (Å²) in [7, 11) is 2.65. The summed E-state index contributed by atoms with van der Waals surface area (Å²) in [6.07, 6.45) is 0. The molecule has 0 spiro atoms. The maximum Gasteiger partial charge on any atom is 0.341 e. The minimum atomic E-state index is -0.589. The van der Waals surface area contributed by atoms with E-state index in [9.17, 15) is 9.59 Å². The minimum absolute atomic E-state index is 0.164. The molecule has 0 radical (unpaired) electrons. The van der Waals surface area contributed by atoms with E-state index in [1.54, 1.807) is 18.2 Å². The number of ether oxygens (including phenoxy) is 3. The van der Waals surface area contributed by atoms with E-state index in [4.69, 9.17) is 21.1 Å². The first-order chi connectivity index (χ1) is 12.0. The number of carbonyl (C=O) groups is 2. The van der Waals surface area contributed by atoms with Crippen molar-refractivity contribution in [3.8, 4) is 11.5 Å². The van der Waals surface area contributed by atoms with Gasteiger partial charge in [0.1, 0.15) is 17.1 Å². The molecule has 0 unspecified atom stereocenters. The van der Waals surface area contributed by atoms with Crippen molar-refractivity contribution in [3.63, 3.8) is 0 Å². The Morgan fingerprint density at radius 1 is 1.16 bits per heavy atom. The monoisotopic (exact) mass is 427 g/mol. The van der Waals surface area contributed by atoms with Crippen molar-refractivity contribution in [1.82, 2.24) is 0 Å². The van der Waals surface area contributed by atoms with Crippen LogP contribution in [0, 0.1) is 0 Å². The third-order valence-electron chi connectivity index (χ3n) is 3.16. The third-order valence-corrected chi connectivity index (χ3v) is 4.13. The molecule has 1 amide bonds. The summed E-state index contributed by atoms with van der Waals surface area (Å²) in [6, 6.07) is 10.00. The molecule has 0 heterocycles. The number of carbonyl (C=O) groups excluding carboxylic acids is 2. The molecule has 0 fully saturated rings. The van der Waals surface area contributed by atoms with E-state index in [1.807, 2.05) is 6.07 Å². The molecule has 0 aliphatic rings. The lowest BCUT2D eigenvalue weighted by atomic mass is 10.1. The topological polar surface area (TPSA) is 73.9 Å². The van der Waals surface area contributed by atoms with Crippen LogP contribution in [0.3, 0.4) is 0 Å². The van der Waals surface area contributed by atoms with Crippen molar-refractivity contribution in [2.24, 2.45) is 0 Å². The average molecular weight is 429 g/mol. The van der Waals surface area contributed by atoms with Gasteiger partial charge in [0.2, 0.25) is 0 Å². The predicted octanol–water partition coefficient (Wildman–Crippen LogP) is 3.92. The highest BCUT2D eigenvalue weighted by Crippen LogP contribution is 2.31. The van der Waals surface area contributed by atoms with Crippen LogP contribution in [0.1, 0.15) is 10.4 Å². The number of hydrogen-bond donors (Lipinski definition) is 1. The number of anilines is 1. The normalized spacial score (nSPS) is 10.1. The van der Waals surface area contributed by atoms with E-state index in [2.05, 4.69) is 26.0 Å². The van der Waals surface area contributed by atoms with Crippen LogP contribution in [0.2, 0.25) is 5.02 Å². The molecule has 2 aromatic carbocycles. The van der Waals surface area contributed by atoms with Crippen molar-refractivity contribution in [2.45, 2.75) is 0 Å². The van der Waals surface area contributed by atoms with Gasteiger partial charge in [0.05, 0.1) is 29.4 Å². The maximum absolute atomic E-state index is 12.1. The highest BCUT2D eigenvalue weighted by Gasteiger charge is 2.17. The van der Waals surface area contributed by atoms with Crippen LogP contribution in [0.25, 0.3) is 0 Å². The van der Waals surface area contributed by atoms with Gasteiger partial charge in [-0.2, -0.15) is 0 Å². The first-order valence-corrected chi connectivity index (χ1v) is 8.26. The van der Waals surface area contributed by atoms with Gasteiger partial charge in [-0.3, -0.25) is 4.79 Å². The predicted molar refractivity (Wildman–Crippen MR) is 97.6 cm³/mol. The Kier molecular flexibility index (Phi) is 6.66. The van der Waals surface area contributed by atoms with E-state index in [0.717, 1.165) is 4.47 Å². The smallest absolute Gasteiger partial charge is 0.341 e. The molecule has 0 aliphatic heterocycles. The van der Waals surface area contributed by atoms with Gasteiger partial charge in [-0.25, -0.2) is 4.79 Å². The first-order valence-electron chi connectivity index (χ1n) is 7.09. The Morgan fingerprint density at radius 3 is 2.52 bits per heavy atom. The van der Waals surface area contributed by atoms with Crippen LogP contribution in [-0.2, 0) is 9.53 Å². The SMILES string of the molecule is COC(=O)c1cc(Cl)c(NC(=O)COc2ccccc2Br)cc1OC. The van der Waals surface area contributed by atoms with Gasteiger partial charge < -0.3 is 19.5 Å². The number of rotatable bonds is 6. The van der Waals surface area contributed by atoms with Crippen LogP contribution in [0.4, 0.5) is 5.69 Å². The molecule has 0 atom stereocenters. The largest absolute Gasteiger partial charge is 0.496 e. The fourth-order valence-electron chi connectivity index (χ4n) is 1.98. The zero-order valence-corrected chi connectivity index (χ0v) is 15.8.